The van der Waals surface area contributed by atoms with Crippen molar-refractivity contribution in [3.05, 3.63) is 66.2 Å². The minimum absolute atomic E-state index is 0.176. The van der Waals surface area contributed by atoms with Crippen LogP contribution in [0.4, 0.5) is 0 Å². The lowest BCUT2D eigenvalue weighted by Crippen LogP contribution is -2.18. The molecule has 2 aromatic heterocycles. The Bertz CT molecular complexity index is 628. The molecule has 0 aliphatic carbocycles. The fourth-order valence-electron chi connectivity index (χ4n) is 2.27. The molecule has 0 saturated carbocycles. The van der Waals surface area contributed by atoms with E-state index < -0.39 is 0 Å². The Morgan fingerprint density at radius 1 is 1.16 bits per heavy atom. The zero-order valence-corrected chi connectivity index (χ0v) is 10.8. The van der Waals surface area contributed by atoms with Gasteiger partial charge in [-0.2, -0.15) is 0 Å². The summed E-state index contributed by atoms with van der Waals surface area (Å²) < 4.78 is 5.92. The highest BCUT2D eigenvalue weighted by atomic mass is 16.3. The van der Waals surface area contributed by atoms with Crippen LogP contribution in [0.1, 0.15) is 17.4 Å². The number of aromatic nitrogens is 1. The number of para-hydroxylation sites is 1. The largest absolute Gasteiger partial charge is 0.459 e. The van der Waals surface area contributed by atoms with Gasteiger partial charge in [0.25, 0.3) is 0 Å². The Balaban J connectivity index is 1.89. The second-order valence-corrected chi connectivity index (χ2v) is 4.59. The molecule has 0 aliphatic rings. The smallest absolute Gasteiger partial charge is 0.134 e. The molecule has 1 aromatic carbocycles. The molecule has 1 atom stereocenters. The standard InChI is InChI=1S/C16H16N2O/c1-17-14(10-12-6-8-18-9-7-12)16-11-13-4-2-3-5-15(13)19-16/h2-9,11,14,17H,10H2,1H3. The van der Waals surface area contributed by atoms with Crippen LogP contribution < -0.4 is 5.32 Å². The van der Waals surface area contributed by atoms with Crippen molar-refractivity contribution in [2.24, 2.45) is 0 Å². The van der Waals surface area contributed by atoms with Gasteiger partial charge in [-0.25, -0.2) is 0 Å². The lowest BCUT2D eigenvalue weighted by atomic mass is 10.1. The van der Waals surface area contributed by atoms with Crippen LogP contribution in [0.3, 0.4) is 0 Å². The molecule has 3 nitrogen and oxygen atoms in total. The van der Waals surface area contributed by atoms with Gasteiger partial charge in [-0.15, -0.1) is 0 Å². The second-order valence-electron chi connectivity index (χ2n) is 4.59. The molecule has 0 radical (unpaired) electrons. The third kappa shape index (κ3) is 2.51. The lowest BCUT2D eigenvalue weighted by molar-refractivity contribution is 0.451. The molecule has 0 amide bonds. The molecule has 3 rings (SSSR count). The molecule has 0 saturated heterocycles. The third-order valence-corrected chi connectivity index (χ3v) is 3.33. The van der Waals surface area contributed by atoms with E-state index in [-0.39, 0.29) is 6.04 Å². The molecule has 0 fully saturated rings. The van der Waals surface area contributed by atoms with Gasteiger partial charge in [0, 0.05) is 17.8 Å². The van der Waals surface area contributed by atoms with E-state index in [2.05, 4.69) is 22.4 Å². The molecular weight excluding hydrogens is 236 g/mol. The van der Waals surface area contributed by atoms with E-state index >= 15 is 0 Å². The maximum Gasteiger partial charge on any atom is 0.134 e. The zero-order valence-electron chi connectivity index (χ0n) is 10.8. The highest BCUT2D eigenvalue weighted by molar-refractivity contribution is 5.77. The maximum absolute atomic E-state index is 5.92. The number of likely N-dealkylation sites (N-methyl/N-ethyl adjacent to an activating group) is 1. The number of furan rings is 1. The van der Waals surface area contributed by atoms with Crippen molar-refractivity contribution in [1.82, 2.24) is 10.3 Å². The van der Waals surface area contributed by atoms with E-state index in [0.717, 1.165) is 23.2 Å². The summed E-state index contributed by atoms with van der Waals surface area (Å²) in [6.07, 6.45) is 4.53. The number of rotatable bonds is 4. The van der Waals surface area contributed by atoms with Crippen molar-refractivity contribution in [3.63, 3.8) is 0 Å². The topological polar surface area (TPSA) is 38.1 Å². The highest BCUT2D eigenvalue weighted by Crippen LogP contribution is 2.25. The van der Waals surface area contributed by atoms with E-state index in [4.69, 9.17) is 4.42 Å². The molecule has 96 valence electrons. The zero-order chi connectivity index (χ0) is 13.1. The number of nitrogens with one attached hydrogen (secondary N) is 1. The maximum atomic E-state index is 5.92. The summed E-state index contributed by atoms with van der Waals surface area (Å²) in [4.78, 5) is 4.04. The molecule has 0 aliphatic heterocycles. The number of nitrogens with zero attached hydrogens (tertiary/aromatic N) is 1. The van der Waals surface area contributed by atoms with Gasteiger partial charge in [0.15, 0.2) is 0 Å². The van der Waals surface area contributed by atoms with Crippen molar-refractivity contribution < 1.29 is 4.42 Å². The summed E-state index contributed by atoms with van der Waals surface area (Å²) in [7, 11) is 1.96. The Kier molecular flexibility index (Phi) is 3.29. The van der Waals surface area contributed by atoms with Crippen LogP contribution >= 0.6 is 0 Å². The summed E-state index contributed by atoms with van der Waals surface area (Å²) in [6.45, 7) is 0. The molecule has 1 unspecified atom stereocenters. The van der Waals surface area contributed by atoms with Crippen molar-refractivity contribution >= 4 is 11.0 Å². The van der Waals surface area contributed by atoms with E-state index in [9.17, 15) is 0 Å². The Labute approximate surface area is 112 Å². The minimum atomic E-state index is 0.176. The molecule has 0 spiro atoms. The first-order valence-electron chi connectivity index (χ1n) is 6.41. The van der Waals surface area contributed by atoms with Gasteiger partial charge < -0.3 is 9.73 Å². The minimum Gasteiger partial charge on any atom is -0.459 e. The second kappa shape index (κ2) is 5.24. The van der Waals surface area contributed by atoms with Gasteiger partial charge in [-0.1, -0.05) is 18.2 Å². The molecule has 3 aromatic rings. The van der Waals surface area contributed by atoms with Crippen LogP contribution in [0.2, 0.25) is 0 Å². The van der Waals surface area contributed by atoms with Crippen LogP contribution in [-0.2, 0) is 6.42 Å². The number of hydrogen-bond acceptors (Lipinski definition) is 3. The fourth-order valence-corrected chi connectivity index (χ4v) is 2.27. The summed E-state index contributed by atoms with van der Waals surface area (Å²) in [5.74, 6) is 0.973. The Hall–Kier alpha value is -2.13. The van der Waals surface area contributed by atoms with Gasteiger partial charge in [-0.05, 0) is 43.3 Å². The van der Waals surface area contributed by atoms with Crippen LogP contribution in [0, 0.1) is 0 Å². The summed E-state index contributed by atoms with van der Waals surface area (Å²) in [5.41, 5.74) is 2.18. The molecule has 19 heavy (non-hydrogen) atoms. The molecule has 3 heteroatoms. The van der Waals surface area contributed by atoms with Gasteiger partial charge in [0.1, 0.15) is 11.3 Å². The van der Waals surface area contributed by atoms with Crippen LogP contribution in [0.25, 0.3) is 11.0 Å². The number of pyridine rings is 1. The molecule has 0 bridgehead atoms. The van der Waals surface area contributed by atoms with Gasteiger partial charge in [-0.3, -0.25) is 4.98 Å². The van der Waals surface area contributed by atoms with E-state index in [1.165, 1.54) is 5.56 Å². The van der Waals surface area contributed by atoms with Crippen molar-refractivity contribution in [1.29, 1.82) is 0 Å². The summed E-state index contributed by atoms with van der Waals surface area (Å²) >= 11 is 0. The first-order valence-corrected chi connectivity index (χ1v) is 6.41. The predicted molar refractivity (Wildman–Crippen MR) is 76.0 cm³/mol. The summed E-state index contributed by atoms with van der Waals surface area (Å²) in [5, 5.41) is 4.46. The third-order valence-electron chi connectivity index (χ3n) is 3.33. The first kappa shape index (κ1) is 11.9. The number of fused-ring (bicyclic) bond motifs is 1. The van der Waals surface area contributed by atoms with Gasteiger partial charge in [0.05, 0.1) is 6.04 Å². The average Bonchev–Trinajstić information content (AvgIpc) is 2.89. The van der Waals surface area contributed by atoms with Crippen LogP contribution in [0.15, 0.2) is 59.3 Å². The van der Waals surface area contributed by atoms with E-state index in [1.807, 2.05) is 49.8 Å². The molecule has 1 N–H and O–H groups in total. The van der Waals surface area contributed by atoms with Crippen LogP contribution in [-0.4, -0.2) is 12.0 Å². The number of benzene rings is 1. The van der Waals surface area contributed by atoms with Crippen molar-refractivity contribution in [2.45, 2.75) is 12.5 Å². The SMILES string of the molecule is CNC(Cc1ccncc1)c1cc2ccccc2o1. The normalized spacial score (nSPS) is 12.7. The van der Waals surface area contributed by atoms with Crippen molar-refractivity contribution in [2.75, 3.05) is 7.05 Å². The quantitative estimate of drug-likeness (QED) is 0.774. The molecule has 2 heterocycles. The fraction of sp³-hybridized carbons (Fsp3) is 0.188. The monoisotopic (exact) mass is 252 g/mol. The molecular formula is C16H16N2O. The first-order chi connectivity index (χ1) is 9.36. The van der Waals surface area contributed by atoms with Crippen LogP contribution in [0.5, 0.6) is 0 Å². The Morgan fingerprint density at radius 3 is 2.68 bits per heavy atom. The number of hydrogen-bond donors (Lipinski definition) is 1. The average molecular weight is 252 g/mol. The highest BCUT2D eigenvalue weighted by Gasteiger charge is 2.14. The van der Waals surface area contributed by atoms with E-state index in [0.29, 0.717) is 0 Å². The Morgan fingerprint density at radius 2 is 1.95 bits per heavy atom. The lowest BCUT2D eigenvalue weighted by Gasteiger charge is -2.13. The predicted octanol–water partition coefficient (Wildman–Crippen LogP) is 3.33. The van der Waals surface area contributed by atoms with Crippen molar-refractivity contribution in [3.8, 4) is 0 Å². The van der Waals surface area contributed by atoms with Gasteiger partial charge in [0.2, 0.25) is 0 Å². The van der Waals surface area contributed by atoms with E-state index in [1.54, 1.807) is 0 Å². The van der Waals surface area contributed by atoms with Gasteiger partial charge >= 0.3 is 0 Å². The summed E-state index contributed by atoms with van der Waals surface area (Å²) in [6, 6.07) is 14.4.